The summed E-state index contributed by atoms with van der Waals surface area (Å²) in [5.41, 5.74) is 13.6. The number of nitrogens with one attached hydrogen (secondary N) is 1. The standard InChI is InChI=1S/C20H26N6O2/c1-3-13-8-15(10-24-18(13)22)25-19(27)20(28)26-11-12(2)4-6-16(26)14-5-7-17(21)23-9-14/h5,7-10,12,16H,3-4,6,11H2,1-2H3,(H2,21,23)(H2,22,24)(H,25,27)/t12-,16+/m1/s1. The number of likely N-dealkylation sites (tertiary alicyclic amines) is 1. The van der Waals surface area contributed by atoms with Crippen molar-refractivity contribution in [3.63, 3.8) is 0 Å². The highest BCUT2D eigenvalue weighted by atomic mass is 16.2. The molecule has 3 rings (SSSR count). The van der Waals surface area contributed by atoms with Crippen molar-refractivity contribution in [2.45, 2.75) is 39.2 Å². The van der Waals surface area contributed by atoms with Crippen LogP contribution in [0.15, 0.2) is 30.6 Å². The van der Waals surface area contributed by atoms with Gasteiger partial charge in [0.25, 0.3) is 0 Å². The van der Waals surface area contributed by atoms with E-state index in [4.69, 9.17) is 11.5 Å². The Hall–Kier alpha value is -3.16. The van der Waals surface area contributed by atoms with Gasteiger partial charge in [-0.2, -0.15) is 0 Å². The summed E-state index contributed by atoms with van der Waals surface area (Å²) in [7, 11) is 0. The number of amides is 2. The van der Waals surface area contributed by atoms with E-state index in [9.17, 15) is 9.59 Å². The zero-order valence-corrected chi connectivity index (χ0v) is 16.2. The molecule has 0 spiro atoms. The van der Waals surface area contributed by atoms with Crippen LogP contribution in [0.3, 0.4) is 0 Å². The fraction of sp³-hybridized carbons (Fsp3) is 0.400. The van der Waals surface area contributed by atoms with Gasteiger partial charge in [-0.1, -0.05) is 19.9 Å². The minimum absolute atomic E-state index is 0.196. The number of piperidine rings is 1. The van der Waals surface area contributed by atoms with Crippen molar-refractivity contribution in [2.75, 3.05) is 23.3 Å². The molecule has 3 heterocycles. The normalized spacial score (nSPS) is 19.3. The van der Waals surface area contributed by atoms with Gasteiger partial charge in [-0.15, -0.1) is 0 Å². The van der Waals surface area contributed by atoms with E-state index >= 15 is 0 Å². The maximum Gasteiger partial charge on any atom is 0.313 e. The first-order valence-corrected chi connectivity index (χ1v) is 9.46. The third-order valence-corrected chi connectivity index (χ3v) is 5.11. The average Bonchev–Trinajstić information content (AvgIpc) is 2.69. The smallest absolute Gasteiger partial charge is 0.313 e. The van der Waals surface area contributed by atoms with Crippen LogP contribution in [0.5, 0.6) is 0 Å². The summed E-state index contributed by atoms with van der Waals surface area (Å²) in [6.07, 6.45) is 5.56. The van der Waals surface area contributed by atoms with Crippen molar-refractivity contribution >= 4 is 29.1 Å². The van der Waals surface area contributed by atoms with Gasteiger partial charge in [0.1, 0.15) is 11.6 Å². The highest BCUT2D eigenvalue weighted by molar-refractivity contribution is 6.39. The van der Waals surface area contributed by atoms with Gasteiger partial charge in [-0.3, -0.25) is 9.59 Å². The topological polar surface area (TPSA) is 127 Å². The van der Waals surface area contributed by atoms with Crippen molar-refractivity contribution in [1.82, 2.24) is 14.9 Å². The summed E-state index contributed by atoms with van der Waals surface area (Å²) in [4.78, 5) is 35.4. The van der Waals surface area contributed by atoms with Gasteiger partial charge in [-0.25, -0.2) is 9.97 Å². The summed E-state index contributed by atoms with van der Waals surface area (Å²) >= 11 is 0. The molecule has 0 bridgehead atoms. The van der Waals surface area contributed by atoms with Crippen LogP contribution in [-0.2, 0) is 16.0 Å². The predicted octanol–water partition coefficient (Wildman–Crippen LogP) is 2.14. The summed E-state index contributed by atoms with van der Waals surface area (Å²) < 4.78 is 0. The molecule has 0 unspecified atom stereocenters. The van der Waals surface area contributed by atoms with E-state index in [2.05, 4.69) is 22.2 Å². The number of hydrogen-bond donors (Lipinski definition) is 3. The molecule has 1 fully saturated rings. The lowest BCUT2D eigenvalue weighted by molar-refractivity contribution is -0.146. The number of carbonyl (C=O) groups excluding carboxylic acids is 2. The van der Waals surface area contributed by atoms with E-state index in [1.54, 1.807) is 23.2 Å². The maximum absolute atomic E-state index is 12.9. The lowest BCUT2D eigenvalue weighted by atomic mass is 9.90. The largest absolute Gasteiger partial charge is 0.384 e. The van der Waals surface area contributed by atoms with Crippen LogP contribution < -0.4 is 16.8 Å². The third-order valence-electron chi connectivity index (χ3n) is 5.11. The van der Waals surface area contributed by atoms with Crippen molar-refractivity contribution in [2.24, 2.45) is 5.92 Å². The van der Waals surface area contributed by atoms with Crippen LogP contribution in [0.25, 0.3) is 0 Å². The van der Waals surface area contributed by atoms with E-state index in [0.29, 0.717) is 36.2 Å². The number of hydrogen-bond acceptors (Lipinski definition) is 6. The molecular weight excluding hydrogens is 356 g/mol. The summed E-state index contributed by atoms with van der Waals surface area (Å²) in [6.45, 7) is 4.54. The van der Waals surface area contributed by atoms with Crippen molar-refractivity contribution in [3.8, 4) is 0 Å². The first-order chi connectivity index (χ1) is 13.4. The van der Waals surface area contributed by atoms with E-state index in [0.717, 1.165) is 24.0 Å². The van der Waals surface area contributed by atoms with Gasteiger partial charge in [0, 0.05) is 12.7 Å². The fourth-order valence-electron chi connectivity index (χ4n) is 3.52. The minimum Gasteiger partial charge on any atom is -0.384 e. The van der Waals surface area contributed by atoms with Gasteiger partial charge in [0.05, 0.1) is 17.9 Å². The fourth-order valence-corrected chi connectivity index (χ4v) is 3.52. The lowest BCUT2D eigenvalue weighted by Gasteiger charge is -2.38. The van der Waals surface area contributed by atoms with Crippen LogP contribution in [0.2, 0.25) is 0 Å². The van der Waals surface area contributed by atoms with E-state index in [-0.39, 0.29) is 6.04 Å². The zero-order valence-electron chi connectivity index (χ0n) is 16.2. The number of pyridine rings is 2. The molecule has 148 valence electrons. The summed E-state index contributed by atoms with van der Waals surface area (Å²) in [5.74, 6) is -0.0854. The van der Waals surface area contributed by atoms with Gasteiger partial charge < -0.3 is 21.7 Å². The van der Waals surface area contributed by atoms with E-state index in [1.807, 2.05) is 13.0 Å². The van der Waals surface area contributed by atoms with Gasteiger partial charge in [0.2, 0.25) is 0 Å². The number of nitrogen functional groups attached to an aromatic ring is 2. The molecule has 2 amide bonds. The van der Waals surface area contributed by atoms with Gasteiger partial charge in [-0.05, 0) is 48.4 Å². The second-order valence-corrected chi connectivity index (χ2v) is 7.25. The number of aromatic nitrogens is 2. The maximum atomic E-state index is 12.9. The van der Waals surface area contributed by atoms with Crippen LogP contribution in [0.4, 0.5) is 17.3 Å². The number of nitrogens with zero attached hydrogens (tertiary/aromatic N) is 3. The zero-order chi connectivity index (χ0) is 20.3. The third kappa shape index (κ3) is 4.21. The molecule has 0 radical (unpaired) electrons. The lowest BCUT2D eigenvalue weighted by Crippen LogP contribution is -2.46. The SMILES string of the molecule is CCc1cc(NC(=O)C(=O)N2C[C@H](C)CC[C@H]2c2ccc(N)nc2)cnc1N. The molecule has 2 aromatic rings. The molecule has 1 aliphatic rings. The molecule has 0 aromatic carbocycles. The van der Waals surface area contributed by atoms with Crippen molar-refractivity contribution in [3.05, 3.63) is 41.7 Å². The number of carbonyl (C=O) groups is 2. The Bertz CT molecular complexity index is 867. The molecule has 1 saturated heterocycles. The van der Waals surface area contributed by atoms with Crippen LogP contribution >= 0.6 is 0 Å². The Morgan fingerprint density at radius 1 is 1.21 bits per heavy atom. The number of aryl methyl sites for hydroxylation is 1. The molecule has 0 aliphatic carbocycles. The Morgan fingerprint density at radius 3 is 2.68 bits per heavy atom. The van der Waals surface area contributed by atoms with Gasteiger partial charge >= 0.3 is 11.8 Å². The monoisotopic (exact) mass is 382 g/mol. The predicted molar refractivity (Wildman–Crippen MR) is 108 cm³/mol. The van der Waals surface area contributed by atoms with E-state index < -0.39 is 11.8 Å². The molecule has 8 heteroatoms. The second-order valence-electron chi connectivity index (χ2n) is 7.25. The van der Waals surface area contributed by atoms with Crippen molar-refractivity contribution < 1.29 is 9.59 Å². The Balaban J connectivity index is 1.79. The van der Waals surface area contributed by atoms with Crippen LogP contribution in [0, 0.1) is 5.92 Å². The molecule has 2 atom stereocenters. The number of anilines is 3. The Labute approximate surface area is 164 Å². The average molecular weight is 382 g/mol. The van der Waals surface area contributed by atoms with E-state index in [1.165, 1.54) is 6.20 Å². The Morgan fingerprint density at radius 2 is 2.00 bits per heavy atom. The molecule has 8 nitrogen and oxygen atoms in total. The molecule has 2 aromatic heterocycles. The summed E-state index contributed by atoms with van der Waals surface area (Å²) in [6, 6.07) is 5.12. The number of rotatable bonds is 3. The molecule has 28 heavy (non-hydrogen) atoms. The minimum atomic E-state index is -0.684. The quantitative estimate of drug-likeness (QED) is 0.698. The molecule has 0 saturated carbocycles. The van der Waals surface area contributed by atoms with Crippen molar-refractivity contribution in [1.29, 1.82) is 0 Å². The molecule has 1 aliphatic heterocycles. The first kappa shape index (κ1) is 19.6. The molecular formula is C20H26N6O2. The second kappa shape index (κ2) is 8.24. The van der Waals surface area contributed by atoms with Crippen LogP contribution in [0.1, 0.15) is 43.9 Å². The van der Waals surface area contributed by atoms with Gasteiger partial charge in [0.15, 0.2) is 0 Å². The highest BCUT2D eigenvalue weighted by Gasteiger charge is 2.34. The molecule has 5 N–H and O–H groups in total. The number of nitrogens with two attached hydrogens (primary N) is 2. The first-order valence-electron chi connectivity index (χ1n) is 9.46. The highest BCUT2D eigenvalue weighted by Crippen LogP contribution is 2.33. The summed E-state index contributed by atoms with van der Waals surface area (Å²) in [5, 5.41) is 2.65. The Kier molecular flexibility index (Phi) is 5.77. The van der Waals surface area contributed by atoms with Crippen LogP contribution in [-0.4, -0.2) is 33.2 Å².